The van der Waals surface area contributed by atoms with Crippen molar-refractivity contribution >= 4 is 33.5 Å². The molecule has 0 aromatic heterocycles. The van der Waals surface area contributed by atoms with Crippen LogP contribution in [0.2, 0.25) is 0 Å². The van der Waals surface area contributed by atoms with Gasteiger partial charge in [0.25, 0.3) is 5.91 Å². The van der Waals surface area contributed by atoms with Crippen LogP contribution in [0.25, 0.3) is 0 Å². The Morgan fingerprint density at radius 2 is 1.91 bits per heavy atom. The van der Waals surface area contributed by atoms with E-state index < -0.39 is 46.1 Å². The molecule has 1 aliphatic heterocycles. The van der Waals surface area contributed by atoms with Crippen LogP contribution in [0.15, 0.2) is 24.3 Å². The van der Waals surface area contributed by atoms with Gasteiger partial charge < -0.3 is 14.4 Å². The number of carbonyl (C=O) groups is 3. The zero-order valence-electron chi connectivity index (χ0n) is 19.2. The van der Waals surface area contributed by atoms with Gasteiger partial charge in [0.15, 0.2) is 16.4 Å². The lowest BCUT2D eigenvalue weighted by molar-refractivity contribution is -0.137. The molecule has 1 aromatic rings. The van der Waals surface area contributed by atoms with Crippen LogP contribution in [0.4, 0.5) is 10.5 Å². The van der Waals surface area contributed by atoms with Crippen molar-refractivity contribution in [1.82, 2.24) is 4.90 Å². The Morgan fingerprint density at radius 3 is 2.47 bits per heavy atom. The number of hydrogen-bond donors (Lipinski definition) is 1. The van der Waals surface area contributed by atoms with Crippen molar-refractivity contribution in [3.8, 4) is 0 Å². The summed E-state index contributed by atoms with van der Waals surface area (Å²) in [5.74, 6) is -1.05. The summed E-state index contributed by atoms with van der Waals surface area (Å²) in [6.45, 7) is 8.96. The summed E-state index contributed by atoms with van der Waals surface area (Å²) in [6, 6.07) is 5.68. The minimum Gasteiger partial charge on any atom is -0.452 e. The number of amides is 2. The highest BCUT2D eigenvalue weighted by Gasteiger charge is 2.35. The first-order valence-electron chi connectivity index (χ1n) is 10.5. The molecular formula is C22H32N2O7S. The molecular weight excluding hydrogens is 436 g/mol. The number of rotatable bonds is 7. The van der Waals surface area contributed by atoms with Crippen molar-refractivity contribution in [2.45, 2.75) is 52.7 Å². The molecule has 0 saturated carbocycles. The standard InChI is InChI=1S/C22H32N2O7S/c1-15(2)12-24(18-9-10-32(28,29)14-18)19(25)13-30-20(26)16-7-6-8-17(11-16)23-21(27)31-22(3,4)5/h6-8,11,15,18H,9-10,12-14H2,1-5H3,(H,23,27). The topological polar surface area (TPSA) is 119 Å². The molecule has 1 fully saturated rings. The minimum absolute atomic E-state index is 0.0524. The molecule has 0 spiro atoms. The van der Waals surface area contributed by atoms with Crippen molar-refractivity contribution in [1.29, 1.82) is 0 Å². The number of esters is 1. The van der Waals surface area contributed by atoms with E-state index >= 15 is 0 Å². The quantitative estimate of drug-likeness (QED) is 0.611. The first-order valence-corrected chi connectivity index (χ1v) is 12.3. The van der Waals surface area contributed by atoms with E-state index in [9.17, 15) is 22.8 Å². The van der Waals surface area contributed by atoms with Crippen LogP contribution in [0.3, 0.4) is 0 Å². The highest BCUT2D eigenvalue weighted by Crippen LogP contribution is 2.20. The SMILES string of the molecule is CC(C)CN(C(=O)COC(=O)c1cccc(NC(=O)OC(C)(C)C)c1)C1CCS(=O)(=O)C1. The second-order valence-electron chi connectivity index (χ2n) is 9.28. The van der Waals surface area contributed by atoms with Crippen LogP contribution in [-0.2, 0) is 24.1 Å². The normalized spacial score (nSPS) is 17.6. The van der Waals surface area contributed by atoms with Crippen molar-refractivity contribution in [3.63, 3.8) is 0 Å². The summed E-state index contributed by atoms with van der Waals surface area (Å²) in [5, 5.41) is 2.54. The van der Waals surface area contributed by atoms with Gasteiger partial charge in [-0.3, -0.25) is 10.1 Å². The molecule has 10 heteroatoms. The van der Waals surface area contributed by atoms with Crippen LogP contribution in [0, 0.1) is 5.92 Å². The van der Waals surface area contributed by atoms with E-state index in [1.54, 1.807) is 32.9 Å². The molecule has 178 valence electrons. The third-order valence-corrected chi connectivity index (χ3v) is 6.35. The van der Waals surface area contributed by atoms with Crippen molar-refractivity contribution in [2.75, 3.05) is 30.0 Å². The number of nitrogens with one attached hydrogen (secondary N) is 1. The number of nitrogens with zero attached hydrogens (tertiary/aromatic N) is 1. The predicted octanol–water partition coefficient (Wildman–Crippen LogP) is 2.86. The summed E-state index contributed by atoms with van der Waals surface area (Å²) in [7, 11) is -3.16. The van der Waals surface area contributed by atoms with E-state index in [-0.39, 0.29) is 23.0 Å². The average molecular weight is 469 g/mol. The molecule has 32 heavy (non-hydrogen) atoms. The highest BCUT2D eigenvalue weighted by atomic mass is 32.2. The summed E-state index contributed by atoms with van der Waals surface area (Å²) in [5.41, 5.74) is -0.163. The van der Waals surface area contributed by atoms with Gasteiger partial charge in [-0.1, -0.05) is 19.9 Å². The zero-order chi connectivity index (χ0) is 24.1. The molecule has 0 bridgehead atoms. The number of benzene rings is 1. The van der Waals surface area contributed by atoms with Crippen LogP contribution in [0.1, 0.15) is 51.4 Å². The van der Waals surface area contributed by atoms with Gasteiger partial charge in [-0.25, -0.2) is 18.0 Å². The van der Waals surface area contributed by atoms with Crippen molar-refractivity contribution in [2.24, 2.45) is 5.92 Å². The fourth-order valence-electron chi connectivity index (χ4n) is 3.31. The maximum absolute atomic E-state index is 12.7. The molecule has 2 amide bonds. The molecule has 1 aromatic carbocycles. The van der Waals surface area contributed by atoms with Crippen molar-refractivity contribution in [3.05, 3.63) is 29.8 Å². The van der Waals surface area contributed by atoms with Gasteiger partial charge in [0.05, 0.1) is 17.1 Å². The Kier molecular flexibility index (Phi) is 8.28. The number of sulfone groups is 1. The second kappa shape index (κ2) is 10.3. The van der Waals surface area contributed by atoms with Crippen molar-refractivity contribution < 1.29 is 32.3 Å². The minimum atomic E-state index is -3.16. The molecule has 0 aliphatic carbocycles. The molecule has 1 saturated heterocycles. The molecule has 1 N–H and O–H groups in total. The maximum Gasteiger partial charge on any atom is 0.412 e. The molecule has 2 rings (SSSR count). The van der Waals surface area contributed by atoms with E-state index in [0.29, 0.717) is 18.7 Å². The summed E-state index contributed by atoms with van der Waals surface area (Å²) >= 11 is 0. The highest BCUT2D eigenvalue weighted by molar-refractivity contribution is 7.91. The fourth-order valence-corrected chi connectivity index (χ4v) is 5.04. The third kappa shape index (κ3) is 8.14. The smallest absolute Gasteiger partial charge is 0.412 e. The van der Waals surface area contributed by atoms with E-state index in [4.69, 9.17) is 9.47 Å². The van der Waals surface area contributed by atoms with Gasteiger partial charge in [-0.2, -0.15) is 0 Å². The van der Waals surface area contributed by atoms with Gasteiger partial charge in [-0.05, 0) is 51.3 Å². The summed E-state index contributed by atoms with van der Waals surface area (Å²) in [6.07, 6.45) is -0.276. The Balaban J connectivity index is 1.99. The Morgan fingerprint density at radius 1 is 1.22 bits per heavy atom. The largest absolute Gasteiger partial charge is 0.452 e. The van der Waals surface area contributed by atoms with Crippen LogP contribution < -0.4 is 5.32 Å². The van der Waals surface area contributed by atoms with Gasteiger partial charge in [0.2, 0.25) is 0 Å². The molecule has 9 nitrogen and oxygen atoms in total. The number of hydrogen-bond acceptors (Lipinski definition) is 7. The summed E-state index contributed by atoms with van der Waals surface area (Å²) < 4.78 is 34.0. The third-order valence-electron chi connectivity index (χ3n) is 4.60. The van der Waals surface area contributed by atoms with Crippen LogP contribution in [-0.4, -0.2) is 67.6 Å². The maximum atomic E-state index is 12.7. The lowest BCUT2D eigenvalue weighted by Crippen LogP contribution is -2.45. The lowest BCUT2D eigenvalue weighted by Gasteiger charge is -2.29. The average Bonchev–Trinajstić information content (AvgIpc) is 3.01. The number of anilines is 1. The van der Waals surface area contributed by atoms with E-state index in [1.165, 1.54) is 17.0 Å². The molecule has 1 heterocycles. The number of ether oxygens (including phenoxy) is 2. The van der Waals surface area contributed by atoms with Gasteiger partial charge in [-0.15, -0.1) is 0 Å². The fraction of sp³-hybridized carbons (Fsp3) is 0.591. The van der Waals surface area contributed by atoms with Gasteiger partial charge in [0.1, 0.15) is 5.60 Å². The van der Waals surface area contributed by atoms with Gasteiger partial charge >= 0.3 is 12.1 Å². The predicted molar refractivity (Wildman–Crippen MR) is 120 cm³/mol. The first-order chi connectivity index (χ1) is 14.8. The first kappa shape index (κ1) is 25.6. The Bertz CT molecular complexity index is 951. The monoisotopic (exact) mass is 468 g/mol. The summed E-state index contributed by atoms with van der Waals surface area (Å²) in [4.78, 5) is 38.6. The molecule has 1 unspecified atom stereocenters. The van der Waals surface area contributed by atoms with Crippen LogP contribution in [0.5, 0.6) is 0 Å². The molecule has 1 atom stereocenters. The Labute approximate surface area is 189 Å². The van der Waals surface area contributed by atoms with E-state index in [1.807, 2.05) is 13.8 Å². The molecule has 0 radical (unpaired) electrons. The van der Waals surface area contributed by atoms with E-state index in [2.05, 4.69) is 5.32 Å². The van der Waals surface area contributed by atoms with E-state index in [0.717, 1.165) is 0 Å². The lowest BCUT2D eigenvalue weighted by atomic mass is 10.1. The zero-order valence-corrected chi connectivity index (χ0v) is 20.0. The second-order valence-corrected chi connectivity index (χ2v) is 11.5. The Hall–Kier alpha value is -2.62. The number of carbonyl (C=O) groups excluding carboxylic acids is 3. The van der Waals surface area contributed by atoms with Gasteiger partial charge in [0, 0.05) is 18.3 Å². The molecule has 1 aliphatic rings. The van der Waals surface area contributed by atoms with Crippen LogP contribution >= 0.6 is 0 Å².